The second kappa shape index (κ2) is 10.9. The maximum Gasteiger partial charge on any atom is 0.341 e. The lowest BCUT2D eigenvalue weighted by molar-refractivity contribution is 0.0694. The van der Waals surface area contributed by atoms with Gasteiger partial charge in [-0.2, -0.15) is 0 Å². The standard InChI is InChI=1S/C13H9BrFNO3.C12H9BrFNO/c1-7-9(14)6-8(13(18)19)12(17)16(7)11-5-3-2-4-10(11)15;1-8-9(13)6-7-12(16)15(8)11-5-3-2-4-10(11)14/h2-6H,1H3,(H,18,19);2-7H,1H3. The van der Waals surface area contributed by atoms with Crippen LogP contribution < -0.4 is 11.1 Å². The number of aromatic nitrogens is 2. The van der Waals surface area contributed by atoms with Crippen molar-refractivity contribution in [2.24, 2.45) is 0 Å². The molecule has 1 N–H and O–H groups in total. The molecule has 0 spiro atoms. The first kappa shape index (κ1) is 26.2. The van der Waals surface area contributed by atoms with Crippen molar-refractivity contribution in [3.05, 3.63) is 125 Å². The van der Waals surface area contributed by atoms with E-state index in [2.05, 4.69) is 31.9 Å². The van der Waals surface area contributed by atoms with Crippen LogP contribution in [0.2, 0.25) is 0 Å². The zero-order valence-corrected chi connectivity index (χ0v) is 21.6. The number of nitrogens with zero attached hydrogens (tertiary/aromatic N) is 2. The highest BCUT2D eigenvalue weighted by Gasteiger charge is 2.18. The van der Waals surface area contributed by atoms with Gasteiger partial charge >= 0.3 is 5.97 Å². The molecule has 0 fully saturated rings. The summed E-state index contributed by atoms with van der Waals surface area (Å²) in [5.41, 5.74) is -0.0253. The third-order valence-corrected chi connectivity index (χ3v) is 6.72. The summed E-state index contributed by atoms with van der Waals surface area (Å²) in [6, 6.07) is 16.2. The lowest BCUT2D eigenvalue weighted by Crippen LogP contribution is -2.27. The monoisotopic (exact) mass is 606 g/mol. The minimum absolute atomic E-state index is 0.0220. The van der Waals surface area contributed by atoms with Gasteiger partial charge in [0, 0.05) is 26.4 Å². The zero-order valence-electron chi connectivity index (χ0n) is 18.4. The lowest BCUT2D eigenvalue weighted by atomic mass is 10.2. The number of carboxylic acid groups (broad SMARTS) is 1. The molecule has 180 valence electrons. The van der Waals surface area contributed by atoms with Crippen LogP contribution in [0.1, 0.15) is 21.7 Å². The molecule has 2 heterocycles. The van der Waals surface area contributed by atoms with Crippen LogP contribution in [0.25, 0.3) is 11.4 Å². The Morgan fingerprint density at radius 1 is 0.771 bits per heavy atom. The summed E-state index contributed by atoms with van der Waals surface area (Å²) in [7, 11) is 0. The zero-order chi connectivity index (χ0) is 25.9. The number of rotatable bonds is 3. The molecule has 6 nitrogen and oxygen atoms in total. The number of aromatic carboxylic acids is 1. The third-order valence-electron chi connectivity index (χ3n) is 5.08. The molecule has 0 aliphatic carbocycles. The van der Waals surface area contributed by atoms with Crippen molar-refractivity contribution >= 4 is 37.8 Å². The Morgan fingerprint density at radius 3 is 1.77 bits per heavy atom. The lowest BCUT2D eigenvalue weighted by Gasteiger charge is -2.13. The quantitative estimate of drug-likeness (QED) is 0.319. The average Bonchev–Trinajstić information content (AvgIpc) is 2.82. The van der Waals surface area contributed by atoms with Gasteiger partial charge in [0.1, 0.15) is 17.2 Å². The molecule has 4 aromatic rings. The fraction of sp³-hybridized carbons (Fsp3) is 0.0800. The molecule has 0 saturated heterocycles. The van der Waals surface area contributed by atoms with E-state index in [-0.39, 0.29) is 16.9 Å². The van der Waals surface area contributed by atoms with E-state index in [1.165, 1.54) is 41.0 Å². The highest BCUT2D eigenvalue weighted by atomic mass is 79.9. The van der Waals surface area contributed by atoms with Gasteiger partial charge in [0.25, 0.3) is 11.1 Å². The third kappa shape index (κ3) is 5.49. The first-order valence-corrected chi connectivity index (χ1v) is 11.7. The van der Waals surface area contributed by atoms with Gasteiger partial charge in [-0.05, 0) is 82.1 Å². The maximum absolute atomic E-state index is 13.8. The SMILES string of the molecule is Cc1c(Br)cc(C(=O)O)c(=O)n1-c1ccccc1F.Cc1c(Br)ccc(=O)n1-c1ccccc1F. The molecule has 0 saturated carbocycles. The summed E-state index contributed by atoms with van der Waals surface area (Å²) in [6.07, 6.45) is 0. The van der Waals surface area contributed by atoms with Gasteiger partial charge in [-0.25, -0.2) is 13.6 Å². The number of carbonyl (C=O) groups is 1. The Bertz CT molecular complexity index is 1550. The van der Waals surface area contributed by atoms with E-state index in [0.29, 0.717) is 15.9 Å². The van der Waals surface area contributed by atoms with Crippen molar-refractivity contribution in [3.63, 3.8) is 0 Å². The van der Waals surface area contributed by atoms with Crippen LogP contribution in [0.15, 0.2) is 85.3 Å². The van der Waals surface area contributed by atoms with Crippen molar-refractivity contribution in [1.29, 1.82) is 0 Å². The molecule has 0 radical (unpaired) electrons. The number of hydrogen-bond donors (Lipinski definition) is 1. The van der Waals surface area contributed by atoms with Crippen LogP contribution in [0.3, 0.4) is 0 Å². The maximum atomic E-state index is 13.8. The summed E-state index contributed by atoms with van der Waals surface area (Å²) >= 11 is 6.50. The molecule has 0 aliphatic rings. The fourth-order valence-electron chi connectivity index (χ4n) is 3.29. The Balaban J connectivity index is 0.000000198. The Morgan fingerprint density at radius 2 is 1.26 bits per heavy atom. The van der Waals surface area contributed by atoms with E-state index in [4.69, 9.17) is 5.11 Å². The second-order valence-electron chi connectivity index (χ2n) is 7.28. The van der Waals surface area contributed by atoms with Crippen molar-refractivity contribution in [2.45, 2.75) is 13.8 Å². The highest BCUT2D eigenvalue weighted by molar-refractivity contribution is 9.10. The van der Waals surface area contributed by atoms with E-state index < -0.39 is 28.7 Å². The molecule has 4 rings (SSSR count). The summed E-state index contributed by atoms with van der Waals surface area (Å²) in [4.78, 5) is 34.9. The number of pyridine rings is 2. The van der Waals surface area contributed by atoms with Gasteiger partial charge < -0.3 is 5.11 Å². The molecule has 10 heteroatoms. The molecule has 35 heavy (non-hydrogen) atoms. The highest BCUT2D eigenvalue weighted by Crippen LogP contribution is 2.21. The smallest absolute Gasteiger partial charge is 0.341 e. The molecule has 0 amide bonds. The summed E-state index contributed by atoms with van der Waals surface area (Å²) in [5, 5.41) is 8.99. The van der Waals surface area contributed by atoms with Crippen molar-refractivity contribution in [1.82, 2.24) is 9.13 Å². The minimum Gasteiger partial charge on any atom is -0.477 e. The topological polar surface area (TPSA) is 81.3 Å². The molecule has 2 aromatic heterocycles. The van der Waals surface area contributed by atoms with Gasteiger partial charge in [0.2, 0.25) is 0 Å². The van der Waals surface area contributed by atoms with Gasteiger partial charge in [-0.3, -0.25) is 18.7 Å². The Labute approximate surface area is 215 Å². The number of carboxylic acids is 1. The average molecular weight is 608 g/mol. The van der Waals surface area contributed by atoms with E-state index >= 15 is 0 Å². The van der Waals surface area contributed by atoms with E-state index in [1.807, 2.05) is 0 Å². The van der Waals surface area contributed by atoms with Crippen LogP contribution in [-0.4, -0.2) is 20.2 Å². The molecular weight excluding hydrogens is 590 g/mol. The van der Waals surface area contributed by atoms with Gasteiger partial charge in [-0.15, -0.1) is 0 Å². The summed E-state index contributed by atoms with van der Waals surface area (Å²) in [5.74, 6) is -2.36. The summed E-state index contributed by atoms with van der Waals surface area (Å²) in [6.45, 7) is 3.36. The van der Waals surface area contributed by atoms with Crippen LogP contribution in [0.4, 0.5) is 8.78 Å². The van der Waals surface area contributed by atoms with Crippen LogP contribution in [0.5, 0.6) is 0 Å². The first-order valence-electron chi connectivity index (χ1n) is 10.1. The van der Waals surface area contributed by atoms with Crippen LogP contribution in [0, 0.1) is 25.5 Å². The predicted molar refractivity (Wildman–Crippen MR) is 136 cm³/mol. The van der Waals surface area contributed by atoms with Crippen molar-refractivity contribution < 1.29 is 18.7 Å². The number of benzene rings is 2. The van der Waals surface area contributed by atoms with E-state index in [1.54, 1.807) is 44.2 Å². The van der Waals surface area contributed by atoms with E-state index in [9.17, 15) is 23.2 Å². The molecular formula is C25H18Br2F2N2O4. The Kier molecular flexibility index (Phi) is 8.18. The molecule has 0 atom stereocenters. The molecule has 2 aromatic carbocycles. The number of para-hydroxylation sites is 2. The van der Waals surface area contributed by atoms with E-state index in [0.717, 1.165) is 9.04 Å². The van der Waals surface area contributed by atoms with Crippen LogP contribution in [-0.2, 0) is 0 Å². The predicted octanol–water partition coefficient (Wildman–Crippen LogP) is 5.79. The molecule has 0 unspecified atom stereocenters. The normalized spacial score (nSPS) is 10.5. The molecule has 0 aliphatic heterocycles. The summed E-state index contributed by atoms with van der Waals surface area (Å²) < 4.78 is 31.0. The fourth-order valence-corrected chi connectivity index (χ4v) is 4.01. The number of hydrogen-bond acceptors (Lipinski definition) is 3. The van der Waals surface area contributed by atoms with Crippen molar-refractivity contribution in [2.75, 3.05) is 0 Å². The first-order chi connectivity index (χ1) is 16.5. The van der Waals surface area contributed by atoms with Gasteiger partial charge in [0.05, 0.1) is 11.4 Å². The minimum atomic E-state index is -1.35. The second-order valence-corrected chi connectivity index (χ2v) is 8.99. The largest absolute Gasteiger partial charge is 0.477 e. The number of halogens is 4. The van der Waals surface area contributed by atoms with Crippen LogP contribution >= 0.6 is 31.9 Å². The Hall–Kier alpha value is -3.37. The molecule has 0 bridgehead atoms. The van der Waals surface area contributed by atoms with Gasteiger partial charge in [0.15, 0.2) is 0 Å². The van der Waals surface area contributed by atoms with Crippen molar-refractivity contribution in [3.8, 4) is 11.4 Å². The van der Waals surface area contributed by atoms with Gasteiger partial charge in [-0.1, -0.05) is 24.3 Å².